The quantitative estimate of drug-likeness (QED) is 0.350. The van der Waals surface area contributed by atoms with E-state index in [1.807, 2.05) is 54.6 Å². The molecule has 0 fully saturated rings. The summed E-state index contributed by atoms with van der Waals surface area (Å²) >= 11 is 6.22. The number of aryl methyl sites for hydroxylation is 1. The lowest BCUT2D eigenvalue weighted by Crippen LogP contribution is -2.25. The lowest BCUT2D eigenvalue weighted by atomic mass is 10.0. The molecule has 0 bridgehead atoms. The number of benzene rings is 2. The molecule has 0 N–H and O–H groups in total. The van der Waals surface area contributed by atoms with Gasteiger partial charge in [0.15, 0.2) is 0 Å². The van der Waals surface area contributed by atoms with Gasteiger partial charge < -0.3 is 14.7 Å². The van der Waals surface area contributed by atoms with Crippen molar-refractivity contribution >= 4 is 28.5 Å². The number of nitro groups is 1. The molecule has 2 aromatic heterocycles. The maximum Gasteiger partial charge on any atom is 0.395 e. The zero-order chi connectivity index (χ0) is 22.1. The second-order valence-electron chi connectivity index (χ2n) is 6.83. The van der Waals surface area contributed by atoms with Crippen molar-refractivity contribution in [2.75, 3.05) is 0 Å². The first-order valence-electron chi connectivity index (χ1n) is 9.22. The van der Waals surface area contributed by atoms with Crippen LogP contribution in [0, 0.1) is 21.4 Å². The molecule has 1 unspecified atom stereocenters. The molecular formula is C21H15ClN6O3. The van der Waals surface area contributed by atoms with Gasteiger partial charge in [0.25, 0.3) is 0 Å². The van der Waals surface area contributed by atoms with Crippen molar-refractivity contribution in [1.29, 1.82) is 5.26 Å². The van der Waals surface area contributed by atoms with E-state index in [9.17, 15) is 20.2 Å². The third kappa shape index (κ3) is 3.53. The van der Waals surface area contributed by atoms with Crippen LogP contribution in [-0.4, -0.2) is 24.3 Å². The Balaban J connectivity index is 2.00. The minimum Gasteiger partial charge on any atom is -0.358 e. The largest absolute Gasteiger partial charge is 0.395 e. The maximum atomic E-state index is 12.4. The van der Waals surface area contributed by atoms with Crippen molar-refractivity contribution in [2.45, 2.75) is 12.5 Å². The fourth-order valence-electron chi connectivity index (χ4n) is 3.49. The Bertz CT molecular complexity index is 1400. The van der Waals surface area contributed by atoms with E-state index in [-0.39, 0.29) is 11.4 Å². The average Bonchev–Trinajstić information content (AvgIpc) is 3.12. The van der Waals surface area contributed by atoms with Crippen LogP contribution >= 0.6 is 11.6 Å². The summed E-state index contributed by atoms with van der Waals surface area (Å²) in [6.45, 7) is 0.374. The van der Waals surface area contributed by atoms with Crippen LogP contribution in [0.3, 0.4) is 0 Å². The Morgan fingerprint density at radius 1 is 1.19 bits per heavy atom. The Labute approximate surface area is 180 Å². The highest BCUT2D eigenvalue weighted by atomic mass is 35.5. The van der Waals surface area contributed by atoms with E-state index in [1.54, 1.807) is 10.6 Å². The molecule has 4 rings (SSSR count). The number of para-hydroxylation sites is 2. The number of nitrogens with zero attached hydrogens (tertiary/aromatic N) is 6. The summed E-state index contributed by atoms with van der Waals surface area (Å²) in [4.78, 5) is 27.9. The summed E-state index contributed by atoms with van der Waals surface area (Å²) in [6.07, 6.45) is 0. The van der Waals surface area contributed by atoms with Gasteiger partial charge in [-0.2, -0.15) is 5.26 Å². The van der Waals surface area contributed by atoms with Crippen molar-refractivity contribution in [3.63, 3.8) is 0 Å². The number of hydrogen-bond donors (Lipinski definition) is 0. The van der Waals surface area contributed by atoms with Crippen molar-refractivity contribution in [2.24, 2.45) is 7.05 Å². The third-order valence-corrected chi connectivity index (χ3v) is 5.29. The Hall–Kier alpha value is -4.03. The van der Waals surface area contributed by atoms with E-state index in [1.165, 1.54) is 7.05 Å². The van der Waals surface area contributed by atoms with Gasteiger partial charge in [-0.05, 0) is 22.6 Å². The van der Waals surface area contributed by atoms with Gasteiger partial charge in [-0.1, -0.05) is 54.1 Å². The van der Waals surface area contributed by atoms with Crippen LogP contribution in [0.5, 0.6) is 0 Å². The topological polar surface area (TPSA) is 120 Å². The van der Waals surface area contributed by atoms with Gasteiger partial charge in [-0.3, -0.25) is 4.79 Å². The molecular weight excluding hydrogens is 420 g/mol. The first kappa shape index (κ1) is 20.3. The first-order valence-corrected chi connectivity index (χ1v) is 9.60. The Morgan fingerprint density at radius 3 is 2.55 bits per heavy atom. The molecule has 10 heteroatoms. The van der Waals surface area contributed by atoms with Crippen molar-refractivity contribution in [3.05, 3.63) is 97.0 Å². The fourth-order valence-corrected chi connectivity index (χ4v) is 3.80. The minimum absolute atomic E-state index is 0.243. The second-order valence-corrected chi connectivity index (χ2v) is 7.21. The van der Waals surface area contributed by atoms with E-state index >= 15 is 0 Å². The third-order valence-electron chi connectivity index (χ3n) is 4.92. The van der Waals surface area contributed by atoms with Gasteiger partial charge in [0, 0.05) is 6.54 Å². The summed E-state index contributed by atoms with van der Waals surface area (Å²) in [5.74, 6) is -1.69. The molecule has 31 heavy (non-hydrogen) atoms. The van der Waals surface area contributed by atoms with Crippen molar-refractivity contribution < 1.29 is 4.92 Å². The molecule has 0 aliphatic heterocycles. The number of halogens is 1. The van der Waals surface area contributed by atoms with Crippen molar-refractivity contribution in [3.8, 4) is 6.07 Å². The smallest absolute Gasteiger partial charge is 0.358 e. The number of aromatic nitrogens is 4. The first-order chi connectivity index (χ1) is 14.9. The van der Waals surface area contributed by atoms with E-state index in [0.717, 1.165) is 15.8 Å². The molecule has 2 heterocycles. The summed E-state index contributed by atoms with van der Waals surface area (Å²) in [7, 11) is 1.26. The molecule has 0 radical (unpaired) electrons. The summed E-state index contributed by atoms with van der Waals surface area (Å²) in [6, 6.07) is 18.9. The number of rotatable bonds is 5. The molecule has 0 spiro atoms. The molecule has 154 valence electrons. The zero-order valence-corrected chi connectivity index (χ0v) is 17.0. The lowest BCUT2D eigenvalue weighted by molar-refractivity contribution is -0.391. The summed E-state index contributed by atoms with van der Waals surface area (Å²) in [5.41, 5.74) is 1.32. The number of hydrogen-bond acceptors (Lipinski definition) is 6. The molecule has 0 aliphatic rings. The molecule has 2 aromatic carbocycles. The average molecular weight is 435 g/mol. The highest BCUT2D eigenvalue weighted by molar-refractivity contribution is 6.31. The van der Waals surface area contributed by atoms with E-state index in [4.69, 9.17) is 11.6 Å². The molecule has 1 atom stereocenters. The molecule has 0 aliphatic carbocycles. The fraction of sp³-hybridized carbons (Fsp3) is 0.143. The van der Waals surface area contributed by atoms with Crippen molar-refractivity contribution in [1.82, 2.24) is 19.3 Å². The monoisotopic (exact) mass is 434 g/mol. The Kier molecular flexibility index (Phi) is 5.23. The van der Waals surface area contributed by atoms with Gasteiger partial charge in [0.2, 0.25) is 0 Å². The maximum absolute atomic E-state index is 12.4. The van der Waals surface area contributed by atoms with Crippen LogP contribution in [0.25, 0.3) is 11.0 Å². The number of nitriles is 1. The van der Waals surface area contributed by atoms with Gasteiger partial charge in [0.1, 0.15) is 22.3 Å². The highest BCUT2D eigenvalue weighted by Crippen LogP contribution is 2.35. The van der Waals surface area contributed by atoms with Gasteiger partial charge >= 0.3 is 11.4 Å². The number of fused-ring (bicyclic) bond motifs is 1. The number of imidazole rings is 1. The lowest BCUT2D eigenvalue weighted by Gasteiger charge is -2.14. The predicted octanol–water partition coefficient (Wildman–Crippen LogP) is 3.40. The van der Waals surface area contributed by atoms with Crippen LogP contribution in [0.2, 0.25) is 5.02 Å². The second kappa shape index (κ2) is 8.01. The standard InChI is InChI=1S/C21H15ClN6O3/c1-26-21(29)18(22)17(20(25-26)28(30)31)14(11-23)19-24-15-9-5-6-10-16(15)27(19)12-13-7-3-2-4-8-13/h2-10,14H,12H2,1H3. The van der Waals surface area contributed by atoms with E-state index in [2.05, 4.69) is 10.1 Å². The summed E-state index contributed by atoms with van der Waals surface area (Å²) in [5, 5.41) is 25.0. The van der Waals surface area contributed by atoms with Crippen LogP contribution in [0.15, 0.2) is 59.4 Å². The SMILES string of the molecule is Cn1nc([N+](=O)[O-])c(C(C#N)c2nc3ccccc3n2Cc2ccccc2)c(Cl)c1=O. The molecule has 4 aromatic rings. The summed E-state index contributed by atoms with van der Waals surface area (Å²) < 4.78 is 2.58. The normalized spacial score (nSPS) is 11.9. The minimum atomic E-state index is -1.27. The van der Waals surface area contributed by atoms with Crippen LogP contribution in [0.4, 0.5) is 5.82 Å². The van der Waals surface area contributed by atoms with Gasteiger partial charge in [-0.15, -0.1) is 4.68 Å². The van der Waals surface area contributed by atoms with Crippen LogP contribution in [0.1, 0.15) is 22.9 Å². The highest BCUT2D eigenvalue weighted by Gasteiger charge is 2.34. The molecule has 9 nitrogen and oxygen atoms in total. The molecule has 0 amide bonds. The van der Waals surface area contributed by atoms with E-state index in [0.29, 0.717) is 12.1 Å². The predicted molar refractivity (Wildman–Crippen MR) is 114 cm³/mol. The van der Waals surface area contributed by atoms with Crippen LogP contribution < -0.4 is 5.56 Å². The van der Waals surface area contributed by atoms with E-state index < -0.39 is 27.2 Å². The van der Waals surface area contributed by atoms with Crippen LogP contribution in [-0.2, 0) is 13.6 Å². The van der Waals surface area contributed by atoms with Gasteiger partial charge in [0.05, 0.1) is 29.2 Å². The zero-order valence-electron chi connectivity index (χ0n) is 16.3. The molecule has 0 saturated carbocycles. The van der Waals surface area contributed by atoms with Gasteiger partial charge in [-0.25, -0.2) is 4.98 Å². The Morgan fingerprint density at radius 2 is 1.87 bits per heavy atom. The molecule has 0 saturated heterocycles.